The summed E-state index contributed by atoms with van der Waals surface area (Å²) in [5.41, 5.74) is 2.24. The molecule has 0 spiro atoms. The summed E-state index contributed by atoms with van der Waals surface area (Å²) < 4.78 is 7.41. The molecule has 15 heavy (non-hydrogen) atoms. The molecule has 1 aliphatic heterocycles. The van der Waals surface area contributed by atoms with E-state index in [4.69, 9.17) is 16.3 Å². The lowest BCUT2D eigenvalue weighted by atomic mass is 10.2. The Morgan fingerprint density at radius 1 is 1.53 bits per heavy atom. The fourth-order valence-corrected chi connectivity index (χ4v) is 2.58. The van der Waals surface area contributed by atoms with E-state index in [1.54, 1.807) is 0 Å². The average molecular weight is 227 g/mol. The van der Waals surface area contributed by atoms with Gasteiger partial charge < -0.3 is 4.74 Å². The second-order valence-corrected chi connectivity index (χ2v) is 4.90. The molecule has 82 valence electrons. The molecule has 1 fully saturated rings. The van der Waals surface area contributed by atoms with Crippen molar-refractivity contribution in [2.24, 2.45) is 5.92 Å². The first kappa shape index (κ1) is 9.67. The van der Waals surface area contributed by atoms with Crippen LogP contribution in [0.1, 0.15) is 37.1 Å². The molecule has 1 saturated carbocycles. The van der Waals surface area contributed by atoms with E-state index < -0.39 is 0 Å². The van der Waals surface area contributed by atoms with Crippen molar-refractivity contribution in [3.8, 4) is 0 Å². The zero-order valence-electron chi connectivity index (χ0n) is 8.87. The summed E-state index contributed by atoms with van der Waals surface area (Å²) in [6.45, 7) is 3.62. The number of hydrogen-bond acceptors (Lipinski definition) is 2. The fraction of sp³-hybridized carbons (Fsp3) is 0.727. The van der Waals surface area contributed by atoms with Gasteiger partial charge in [-0.05, 0) is 25.7 Å². The van der Waals surface area contributed by atoms with E-state index in [9.17, 15) is 0 Å². The van der Waals surface area contributed by atoms with Gasteiger partial charge in [0.15, 0.2) is 0 Å². The van der Waals surface area contributed by atoms with Crippen molar-refractivity contribution in [3.05, 3.63) is 16.4 Å². The molecule has 1 unspecified atom stereocenters. The average Bonchev–Trinajstić information content (AvgIpc) is 3.04. The number of hydrogen-bond donors (Lipinski definition) is 0. The highest BCUT2D eigenvalue weighted by Gasteiger charge is 2.32. The zero-order valence-corrected chi connectivity index (χ0v) is 9.63. The van der Waals surface area contributed by atoms with Crippen molar-refractivity contribution >= 4 is 11.6 Å². The molecule has 3 rings (SSSR count). The van der Waals surface area contributed by atoms with Gasteiger partial charge in [0, 0.05) is 12.0 Å². The lowest BCUT2D eigenvalue weighted by molar-refractivity contribution is 0.110. The topological polar surface area (TPSA) is 27.1 Å². The molecule has 1 atom stereocenters. The summed E-state index contributed by atoms with van der Waals surface area (Å²) in [6, 6.07) is 0.447. The van der Waals surface area contributed by atoms with E-state index in [1.165, 1.54) is 12.8 Å². The Morgan fingerprint density at radius 3 is 3.00 bits per heavy atom. The summed E-state index contributed by atoms with van der Waals surface area (Å²) in [4.78, 5) is 0. The Hall–Kier alpha value is -0.540. The van der Waals surface area contributed by atoms with Crippen molar-refractivity contribution in [1.29, 1.82) is 0 Å². The number of rotatable bonds is 2. The van der Waals surface area contributed by atoms with Gasteiger partial charge in [0.1, 0.15) is 5.15 Å². The molecule has 4 heteroatoms. The van der Waals surface area contributed by atoms with Crippen LogP contribution < -0.4 is 0 Å². The highest BCUT2D eigenvalue weighted by Crippen LogP contribution is 2.41. The first-order valence-corrected chi connectivity index (χ1v) is 5.98. The van der Waals surface area contributed by atoms with Crippen LogP contribution in [0.25, 0.3) is 0 Å². The van der Waals surface area contributed by atoms with Crippen LogP contribution in [-0.2, 0) is 17.8 Å². The minimum absolute atomic E-state index is 0.447. The molecular formula is C11H15ClN2O. The van der Waals surface area contributed by atoms with Crippen molar-refractivity contribution in [1.82, 2.24) is 9.78 Å². The standard InChI is InChI=1S/C11H15ClN2O/c1-7(8-2-3-8)14-11(12)9-6-15-5-4-10(9)13-14/h7-8H,2-6H2,1H3. The Kier molecular flexibility index (Phi) is 2.25. The maximum atomic E-state index is 6.33. The number of nitrogens with zero attached hydrogens (tertiary/aromatic N) is 2. The molecule has 1 aromatic rings. The Bertz CT molecular complexity index is 384. The maximum Gasteiger partial charge on any atom is 0.133 e. The third-order valence-electron chi connectivity index (χ3n) is 3.45. The molecular weight excluding hydrogens is 212 g/mol. The predicted molar refractivity (Wildman–Crippen MR) is 58.0 cm³/mol. The van der Waals surface area contributed by atoms with Gasteiger partial charge in [-0.1, -0.05) is 11.6 Å². The quantitative estimate of drug-likeness (QED) is 0.775. The van der Waals surface area contributed by atoms with E-state index in [0.29, 0.717) is 12.6 Å². The first-order chi connectivity index (χ1) is 7.27. The van der Waals surface area contributed by atoms with E-state index in [-0.39, 0.29) is 0 Å². The van der Waals surface area contributed by atoms with Crippen LogP contribution in [0.5, 0.6) is 0 Å². The van der Waals surface area contributed by atoms with Gasteiger partial charge in [-0.3, -0.25) is 4.68 Å². The van der Waals surface area contributed by atoms with Crippen LogP contribution in [0.15, 0.2) is 0 Å². The molecule has 0 amide bonds. The minimum Gasteiger partial charge on any atom is -0.376 e. The summed E-state index contributed by atoms with van der Waals surface area (Å²) in [5.74, 6) is 0.782. The molecule has 0 saturated heterocycles. The Labute approximate surface area is 94.4 Å². The summed E-state index contributed by atoms with van der Waals surface area (Å²) in [6.07, 6.45) is 3.54. The number of halogens is 1. The van der Waals surface area contributed by atoms with Crippen LogP contribution in [0.4, 0.5) is 0 Å². The van der Waals surface area contributed by atoms with Gasteiger partial charge in [-0.2, -0.15) is 5.10 Å². The Morgan fingerprint density at radius 2 is 2.33 bits per heavy atom. The van der Waals surface area contributed by atoms with Crippen molar-refractivity contribution < 1.29 is 4.74 Å². The lowest BCUT2D eigenvalue weighted by Crippen LogP contribution is -2.09. The van der Waals surface area contributed by atoms with E-state index in [0.717, 1.165) is 35.4 Å². The predicted octanol–water partition coefficient (Wildman–Crippen LogP) is 2.58. The van der Waals surface area contributed by atoms with Gasteiger partial charge in [0.2, 0.25) is 0 Å². The van der Waals surface area contributed by atoms with Gasteiger partial charge in [-0.25, -0.2) is 0 Å². The van der Waals surface area contributed by atoms with Crippen molar-refractivity contribution in [3.63, 3.8) is 0 Å². The third kappa shape index (κ3) is 1.58. The van der Waals surface area contributed by atoms with Gasteiger partial charge >= 0.3 is 0 Å². The summed E-state index contributed by atoms with van der Waals surface area (Å²) >= 11 is 6.33. The van der Waals surface area contributed by atoms with Crippen LogP contribution in [0.3, 0.4) is 0 Å². The molecule has 0 radical (unpaired) electrons. The molecule has 2 aliphatic rings. The van der Waals surface area contributed by atoms with E-state index in [1.807, 2.05) is 4.68 Å². The zero-order chi connectivity index (χ0) is 10.4. The Balaban J connectivity index is 1.97. The van der Waals surface area contributed by atoms with E-state index in [2.05, 4.69) is 12.0 Å². The number of aromatic nitrogens is 2. The molecule has 0 bridgehead atoms. The minimum atomic E-state index is 0.447. The van der Waals surface area contributed by atoms with Gasteiger partial charge in [-0.15, -0.1) is 0 Å². The molecule has 2 heterocycles. The van der Waals surface area contributed by atoms with Crippen LogP contribution in [0.2, 0.25) is 5.15 Å². The van der Waals surface area contributed by atoms with Crippen LogP contribution >= 0.6 is 11.6 Å². The van der Waals surface area contributed by atoms with Crippen molar-refractivity contribution in [2.45, 2.75) is 38.8 Å². The van der Waals surface area contributed by atoms with Gasteiger partial charge in [0.05, 0.1) is 24.9 Å². The molecule has 3 nitrogen and oxygen atoms in total. The van der Waals surface area contributed by atoms with Crippen LogP contribution in [0, 0.1) is 5.92 Å². The molecule has 1 aliphatic carbocycles. The SMILES string of the molecule is CC(C1CC1)n1nc2c(c1Cl)COCC2. The molecule has 0 aromatic carbocycles. The largest absolute Gasteiger partial charge is 0.376 e. The third-order valence-corrected chi connectivity index (χ3v) is 3.85. The molecule has 1 aromatic heterocycles. The maximum absolute atomic E-state index is 6.33. The summed E-state index contributed by atoms with van der Waals surface area (Å²) in [7, 11) is 0. The monoisotopic (exact) mass is 226 g/mol. The first-order valence-electron chi connectivity index (χ1n) is 5.61. The second-order valence-electron chi connectivity index (χ2n) is 4.54. The molecule has 0 N–H and O–H groups in total. The smallest absolute Gasteiger partial charge is 0.133 e. The highest BCUT2D eigenvalue weighted by atomic mass is 35.5. The number of fused-ring (bicyclic) bond motifs is 1. The fourth-order valence-electron chi connectivity index (χ4n) is 2.23. The number of ether oxygens (including phenoxy) is 1. The normalized spacial score (nSPS) is 22.5. The second kappa shape index (κ2) is 3.49. The van der Waals surface area contributed by atoms with Crippen molar-refractivity contribution in [2.75, 3.05) is 6.61 Å². The van der Waals surface area contributed by atoms with Gasteiger partial charge in [0.25, 0.3) is 0 Å². The van der Waals surface area contributed by atoms with Crippen LogP contribution in [-0.4, -0.2) is 16.4 Å². The highest BCUT2D eigenvalue weighted by molar-refractivity contribution is 6.30. The summed E-state index contributed by atoms with van der Waals surface area (Å²) in [5, 5.41) is 5.41. The lowest BCUT2D eigenvalue weighted by Gasteiger charge is -2.12. The van der Waals surface area contributed by atoms with E-state index >= 15 is 0 Å².